The van der Waals surface area contributed by atoms with Gasteiger partial charge in [0.25, 0.3) is 0 Å². The van der Waals surface area contributed by atoms with E-state index in [0.717, 1.165) is 25.7 Å². The van der Waals surface area contributed by atoms with Crippen LogP contribution in [0.5, 0.6) is 11.5 Å². The number of Topliss-reactive ketones (excluding diaryl/α,β-unsaturated/α-hetero) is 1. The lowest BCUT2D eigenvalue weighted by Gasteiger charge is -2.17. The Morgan fingerprint density at radius 3 is 2.38 bits per heavy atom. The summed E-state index contributed by atoms with van der Waals surface area (Å²) in [5.41, 5.74) is 0.460. The third-order valence-corrected chi connectivity index (χ3v) is 3.71. The second-order valence-electron chi connectivity index (χ2n) is 5.45. The second kappa shape index (κ2) is 8.67. The highest BCUT2D eigenvalue weighted by atomic mass is 16.5. The van der Waals surface area contributed by atoms with E-state index in [4.69, 9.17) is 4.74 Å². The highest BCUT2D eigenvalue weighted by molar-refractivity contribution is 5.84. The zero-order chi connectivity index (χ0) is 15.8. The number of aromatic hydroxyl groups is 1. The fourth-order valence-corrected chi connectivity index (χ4v) is 2.61. The van der Waals surface area contributed by atoms with Crippen molar-refractivity contribution >= 4 is 5.78 Å². The van der Waals surface area contributed by atoms with E-state index in [9.17, 15) is 15.0 Å². The number of carbonyl (C=O) groups is 1. The number of carbonyl (C=O) groups excluding carboxylic acids is 1. The van der Waals surface area contributed by atoms with Crippen LogP contribution in [0.1, 0.15) is 57.6 Å². The van der Waals surface area contributed by atoms with Crippen LogP contribution >= 0.6 is 0 Å². The molecule has 0 spiro atoms. The van der Waals surface area contributed by atoms with Crippen LogP contribution in [-0.2, 0) is 4.79 Å². The van der Waals surface area contributed by atoms with Gasteiger partial charge in [0.15, 0.2) is 17.3 Å². The summed E-state index contributed by atoms with van der Waals surface area (Å²) in [6.07, 6.45) is 3.33. The first-order valence-corrected chi connectivity index (χ1v) is 7.61. The van der Waals surface area contributed by atoms with E-state index in [1.807, 2.05) is 0 Å². The van der Waals surface area contributed by atoms with Crippen LogP contribution in [0, 0.1) is 5.92 Å². The molecule has 1 unspecified atom stereocenters. The average Bonchev–Trinajstić information content (AvgIpc) is 2.47. The minimum Gasteiger partial charge on any atom is -0.504 e. The number of hydrogen-bond donors (Lipinski definition) is 2. The van der Waals surface area contributed by atoms with E-state index < -0.39 is 6.10 Å². The predicted molar refractivity (Wildman–Crippen MR) is 82.5 cm³/mol. The topological polar surface area (TPSA) is 66.8 Å². The standard InChI is InChI=1S/C17H26O4/c1-4-6-12(7-5-2)10-15(19)17(20)13-8-9-14(18)16(11-13)21-3/h8-9,11-12,17-18,20H,4-7,10H2,1-3H3. The molecule has 118 valence electrons. The molecule has 0 amide bonds. The Morgan fingerprint density at radius 2 is 1.86 bits per heavy atom. The van der Waals surface area contributed by atoms with Crippen LogP contribution < -0.4 is 4.74 Å². The summed E-state index contributed by atoms with van der Waals surface area (Å²) >= 11 is 0. The molecule has 4 nitrogen and oxygen atoms in total. The SMILES string of the molecule is CCCC(CCC)CC(=O)C(O)c1ccc(O)c(OC)c1. The Balaban J connectivity index is 2.77. The molecular formula is C17H26O4. The lowest BCUT2D eigenvalue weighted by Crippen LogP contribution is -2.16. The largest absolute Gasteiger partial charge is 0.504 e. The van der Waals surface area contributed by atoms with Gasteiger partial charge in [0.05, 0.1) is 7.11 Å². The van der Waals surface area contributed by atoms with Crippen molar-refractivity contribution in [2.75, 3.05) is 7.11 Å². The number of hydrogen-bond acceptors (Lipinski definition) is 4. The van der Waals surface area contributed by atoms with Crippen molar-refractivity contribution in [2.45, 2.75) is 52.1 Å². The first-order valence-electron chi connectivity index (χ1n) is 7.61. The van der Waals surface area contributed by atoms with Crippen molar-refractivity contribution in [1.29, 1.82) is 0 Å². The highest BCUT2D eigenvalue weighted by Gasteiger charge is 2.22. The molecule has 0 fully saturated rings. The predicted octanol–water partition coefficient (Wildman–Crippen LogP) is 3.61. The lowest BCUT2D eigenvalue weighted by atomic mass is 9.90. The summed E-state index contributed by atoms with van der Waals surface area (Å²) in [7, 11) is 1.44. The first kappa shape index (κ1) is 17.5. The second-order valence-corrected chi connectivity index (χ2v) is 5.45. The number of aliphatic hydroxyl groups is 1. The number of phenols is 1. The molecule has 4 heteroatoms. The van der Waals surface area contributed by atoms with Gasteiger partial charge in [-0.25, -0.2) is 0 Å². The zero-order valence-corrected chi connectivity index (χ0v) is 13.1. The molecule has 0 saturated heterocycles. The normalized spacial score (nSPS) is 12.4. The smallest absolute Gasteiger partial charge is 0.166 e. The molecule has 21 heavy (non-hydrogen) atoms. The number of phenolic OH excluding ortho intramolecular Hbond substituents is 1. The Morgan fingerprint density at radius 1 is 1.24 bits per heavy atom. The molecule has 0 aliphatic rings. The molecule has 0 aliphatic heterocycles. The fraction of sp³-hybridized carbons (Fsp3) is 0.588. The molecule has 1 rings (SSSR count). The minimum absolute atomic E-state index is 0.00394. The van der Waals surface area contributed by atoms with E-state index in [1.165, 1.54) is 19.2 Å². The van der Waals surface area contributed by atoms with Gasteiger partial charge in [-0.15, -0.1) is 0 Å². The van der Waals surface area contributed by atoms with Crippen molar-refractivity contribution in [2.24, 2.45) is 5.92 Å². The Labute approximate surface area is 126 Å². The molecule has 1 aromatic carbocycles. The Kier molecular flexibility index (Phi) is 7.23. The van der Waals surface area contributed by atoms with Crippen LogP contribution in [0.25, 0.3) is 0 Å². The summed E-state index contributed by atoms with van der Waals surface area (Å²) in [5, 5.41) is 19.7. The number of methoxy groups -OCH3 is 1. The van der Waals surface area contributed by atoms with Crippen LogP contribution in [0.2, 0.25) is 0 Å². The van der Waals surface area contributed by atoms with Gasteiger partial charge in [0.2, 0.25) is 0 Å². The third-order valence-electron chi connectivity index (χ3n) is 3.71. The van der Waals surface area contributed by atoms with Crippen molar-refractivity contribution in [3.8, 4) is 11.5 Å². The van der Waals surface area contributed by atoms with Crippen molar-refractivity contribution in [3.63, 3.8) is 0 Å². The van der Waals surface area contributed by atoms with Gasteiger partial charge in [0, 0.05) is 6.42 Å². The number of rotatable bonds is 9. The Hall–Kier alpha value is -1.55. The van der Waals surface area contributed by atoms with E-state index in [-0.39, 0.29) is 17.3 Å². The van der Waals surface area contributed by atoms with Gasteiger partial charge in [-0.05, 0) is 23.6 Å². The van der Waals surface area contributed by atoms with Crippen molar-refractivity contribution < 1.29 is 19.7 Å². The van der Waals surface area contributed by atoms with E-state index in [1.54, 1.807) is 6.07 Å². The maximum Gasteiger partial charge on any atom is 0.166 e. The van der Waals surface area contributed by atoms with Gasteiger partial charge < -0.3 is 14.9 Å². The van der Waals surface area contributed by atoms with E-state index in [2.05, 4.69) is 13.8 Å². The third kappa shape index (κ3) is 5.05. The minimum atomic E-state index is -1.16. The van der Waals surface area contributed by atoms with E-state index in [0.29, 0.717) is 17.9 Å². The van der Waals surface area contributed by atoms with Crippen LogP contribution in [0.4, 0.5) is 0 Å². The molecule has 0 radical (unpaired) electrons. The zero-order valence-electron chi connectivity index (χ0n) is 13.1. The molecule has 1 aromatic rings. The van der Waals surface area contributed by atoms with Gasteiger partial charge in [-0.2, -0.15) is 0 Å². The summed E-state index contributed by atoms with van der Waals surface area (Å²) < 4.78 is 5.00. The number of aliphatic hydroxyl groups excluding tert-OH is 1. The maximum absolute atomic E-state index is 12.2. The maximum atomic E-state index is 12.2. The molecule has 0 aliphatic carbocycles. The van der Waals surface area contributed by atoms with Gasteiger partial charge in [-0.1, -0.05) is 45.6 Å². The van der Waals surface area contributed by atoms with E-state index >= 15 is 0 Å². The summed E-state index contributed by atoms with van der Waals surface area (Å²) in [4.78, 5) is 12.2. The molecule has 0 saturated carbocycles. The highest BCUT2D eigenvalue weighted by Crippen LogP contribution is 2.30. The summed E-state index contributed by atoms with van der Waals surface area (Å²) in [6, 6.07) is 4.49. The molecule has 0 aromatic heterocycles. The summed E-state index contributed by atoms with van der Waals surface area (Å²) in [6.45, 7) is 4.21. The Bertz CT molecular complexity index is 450. The quantitative estimate of drug-likeness (QED) is 0.730. The number of benzene rings is 1. The van der Waals surface area contributed by atoms with Gasteiger partial charge in [-0.3, -0.25) is 4.79 Å². The van der Waals surface area contributed by atoms with Crippen LogP contribution in [-0.4, -0.2) is 23.1 Å². The summed E-state index contributed by atoms with van der Waals surface area (Å²) in [5.74, 6) is 0.421. The fourth-order valence-electron chi connectivity index (χ4n) is 2.61. The van der Waals surface area contributed by atoms with Crippen molar-refractivity contribution in [1.82, 2.24) is 0 Å². The monoisotopic (exact) mass is 294 g/mol. The lowest BCUT2D eigenvalue weighted by molar-refractivity contribution is -0.128. The van der Waals surface area contributed by atoms with Crippen LogP contribution in [0.3, 0.4) is 0 Å². The molecule has 2 N–H and O–H groups in total. The van der Waals surface area contributed by atoms with Crippen molar-refractivity contribution in [3.05, 3.63) is 23.8 Å². The molecule has 1 atom stereocenters. The molecule has 0 bridgehead atoms. The number of ether oxygens (including phenoxy) is 1. The van der Waals surface area contributed by atoms with Crippen LogP contribution in [0.15, 0.2) is 18.2 Å². The van der Waals surface area contributed by atoms with Gasteiger partial charge in [0.1, 0.15) is 6.10 Å². The average molecular weight is 294 g/mol. The number of ketones is 1. The molecule has 0 heterocycles. The molecular weight excluding hydrogens is 268 g/mol. The first-order chi connectivity index (χ1) is 10.0. The van der Waals surface area contributed by atoms with Gasteiger partial charge >= 0.3 is 0 Å².